The molecule has 0 bridgehead atoms. The molecule has 0 saturated carbocycles. The highest BCUT2D eigenvalue weighted by Gasteiger charge is 2.21. The van der Waals surface area contributed by atoms with Crippen molar-refractivity contribution in [3.63, 3.8) is 0 Å². The second kappa shape index (κ2) is 7.39. The van der Waals surface area contributed by atoms with Gasteiger partial charge in [-0.1, -0.05) is 32.0 Å². The van der Waals surface area contributed by atoms with Crippen molar-refractivity contribution in [3.05, 3.63) is 29.8 Å². The van der Waals surface area contributed by atoms with E-state index in [4.69, 9.17) is 4.74 Å². The Balaban J connectivity index is 2.66. The number of benzene rings is 1. The Morgan fingerprint density at radius 1 is 1.22 bits per heavy atom. The monoisotopic (exact) mass is 251 g/mol. The molecule has 1 aromatic rings. The van der Waals surface area contributed by atoms with Crippen LogP contribution in [0.25, 0.3) is 0 Å². The van der Waals surface area contributed by atoms with Crippen LogP contribution < -0.4 is 5.32 Å². The van der Waals surface area contributed by atoms with Crippen LogP contribution in [-0.2, 0) is 11.2 Å². The standard InChI is InChI=1S/C15H25NO2/c1-4-15(17,5-2)12-16-14-9-7-6-8-13(14)10-11-18-3/h6-9,16-17H,4-5,10-12H2,1-3H3. The van der Waals surface area contributed by atoms with Crippen molar-refractivity contribution in [1.82, 2.24) is 0 Å². The summed E-state index contributed by atoms with van der Waals surface area (Å²) in [5.74, 6) is 0. The molecule has 3 heteroatoms. The number of ether oxygens (including phenoxy) is 1. The van der Waals surface area contributed by atoms with Crippen LogP contribution in [0.1, 0.15) is 32.3 Å². The average molecular weight is 251 g/mol. The molecule has 0 atom stereocenters. The van der Waals surface area contributed by atoms with Crippen LogP contribution in [0.4, 0.5) is 5.69 Å². The van der Waals surface area contributed by atoms with Crippen LogP contribution in [-0.4, -0.2) is 31.0 Å². The molecule has 0 spiro atoms. The van der Waals surface area contributed by atoms with Crippen LogP contribution in [0.2, 0.25) is 0 Å². The zero-order chi connectivity index (χ0) is 13.4. The Labute approximate surface area is 110 Å². The Kier molecular flexibility index (Phi) is 6.16. The van der Waals surface area contributed by atoms with E-state index in [1.807, 2.05) is 26.0 Å². The number of nitrogens with one attached hydrogen (secondary N) is 1. The summed E-state index contributed by atoms with van der Waals surface area (Å²) in [7, 11) is 1.71. The van der Waals surface area contributed by atoms with Gasteiger partial charge in [0, 0.05) is 19.3 Å². The van der Waals surface area contributed by atoms with Gasteiger partial charge >= 0.3 is 0 Å². The molecule has 18 heavy (non-hydrogen) atoms. The predicted octanol–water partition coefficient (Wildman–Crippen LogP) is 2.84. The smallest absolute Gasteiger partial charge is 0.0814 e. The Morgan fingerprint density at radius 3 is 2.50 bits per heavy atom. The molecule has 0 aromatic heterocycles. The minimum Gasteiger partial charge on any atom is -0.388 e. The summed E-state index contributed by atoms with van der Waals surface area (Å²) in [6, 6.07) is 8.19. The van der Waals surface area contributed by atoms with Crippen LogP contribution in [0.3, 0.4) is 0 Å². The van der Waals surface area contributed by atoms with Gasteiger partial charge in [0.2, 0.25) is 0 Å². The van der Waals surface area contributed by atoms with E-state index in [0.717, 1.165) is 24.9 Å². The molecule has 1 aromatic carbocycles. The molecule has 2 N–H and O–H groups in total. The van der Waals surface area contributed by atoms with Crippen molar-refractivity contribution >= 4 is 5.69 Å². The Morgan fingerprint density at radius 2 is 1.89 bits per heavy atom. The van der Waals surface area contributed by atoms with Gasteiger partial charge < -0.3 is 15.2 Å². The first-order chi connectivity index (χ1) is 8.65. The van der Waals surface area contributed by atoms with Gasteiger partial charge in [0.25, 0.3) is 0 Å². The number of anilines is 1. The molecular formula is C15H25NO2. The normalized spacial score (nSPS) is 11.6. The van der Waals surface area contributed by atoms with Crippen molar-refractivity contribution < 1.29 is 9.84 Å². The third-order valence-corrected chi connectivity index (χ3v) is 3.52. The maximum absolute atomic E-state index is 10.3. The van der Waals surface area contributed by atoms with Gasteiger partial charge in [-0.25, -0.2) is 0 Å². The van der Waals surface area contributed by atoms with Gasteiger partial charge in [-0.05, 0) is 30.9 Å². The highest BCUT2D eigenvalue weighted by atomic mass is 16.5. The second-order valence-corrected chi connectivity index (χ2v) is 4.68. The van der Waals surface area contributed by atoms with E-state index in [2.05, 4.69) is 17.4 Å². The fourth-order valence-electron chi connectivity index (χ4n) is 1.88. The molecule has 0 saturated heterocycles. The fraction of sp³-hybridized carbons (Fsp3) is 0.600. The summed E-state index contributed by atoms with van der Waals surface area (Å²) < 4.78 is 5.11. The Bertz CT molecular complexity index is 348. The lowest BCUT2D eigenvalue weighted by Gasteiger charge is -2.26. The third-order valence-electron chi connectivity index (χ3n) is 3.52. The molecule has 102 valence electrons. The molecule has 0 amide bonds. The first-order valence-corrected chi connectivity index (χ1v) is 6.68. The Hall–Kier alpha value is -1.06. The molecule has 0 aliphatic carbocycles. The van der Waals surface area contributed by atoms with Crippen LogP contribution >= 0.6 is 0 Å². The second-order valence-electron chi connectivity index (χ2n) is 4.68. The summed E-state index contributed by atoms with van der Waals surface area (Å²) in [6.07, 6.45) is 2.41. The maximum atomic E-state index is 10.3. The average Bonchev–Trinajstić information content (AvgIpc) is 2.43. The molecule has 0 fully saturated rings. The van der Waals surface area contributed by atoms with Crippen LogP contribution in [0.5, 0.6) is 0 Å². The van der Waals surface area contributed by atoms with Crippen molar-refractivity contribution in [2.75, 3.05) is 25.6 Å². The van der Waals surface area contributed by atoms with E-state index < -0.39 is 5.60 Å². The molecule has 0 radical (unpaired) electrons. The summed E-state index contributed by atoms with van der Waals surface area (Å²) >= 11 is 0. The molecule has 0 aliphatic rings. The number of hydrogen-bond acceptors (Lipinski definition) is 3. The van der Waals surface area contributed by atoms with E-state index in [1.165, 1.54) is 5.56 Å². The first-order valence-electron chi connectivity index (χ1n) is 6.68. The minimum absolute atomic E-state index is 0.587. The van der Waals surface area contributed by atoms with Gasteiger partial charge in [-0.2, -0.15) is 0 Å². The number of aliphatic hydroxyl groups is 1. The van der Waals surface area contributed by atoms with E-state index >= 15 is 0 Å². The highest BCUT2D eigenvalue weighted by molar-refractivity contribution is 5.51. The maximum Gasteiger partial charge on any atom is 0.0814 e. The van der Waals surface area contributed by atoms with Crippen molar-refractivity contribution in [3.8, 4) is 0 Å². The number of rotatable bonds is 8. The zero-order valence-corrected chi connectivity index (χ0v) is 11.7. The number of para-hydroxylation sites is 1. The summed E-state index contributed by atoms with van der Waals surface area (Å²) in [5.41, 5.74) is 1.71. The number of hydrogen-bond donors (Lipinski definition) is 2. The minimum atomic E-state index is -0.617. The van der Waals surface area contributed by atoms with Crippen molar-refractivity contribution in [1.29, 1.82) is 0 Å². The topological polar surface area (TPSA) is 41.5 Å². The predicted molar refractivity (Wildman–Crippen MR) is 76.0 cm³/mol. The van der Waals surface area contributed by atoms with E-state index in [9.17, 15) is 5.11 Å². The molecule has 1 rings (SSSR count). The summed E-state index contributed by atoms with van der Waals surface area (Å²) in [4.78, 5) is 0. The lowest BCUT2D eigenvalue weighted by atomic mass is 9.97. The fourth-order valence-corrected chi connectivity index (χ4v) is 1.88. The first kappa shape index (κ1) is 15.0. The van der Waals surface area contributed by atoms with Gasteiger partial charge in [0.15, 0.2) is 0 Å². The third kappa shape index (κ3) is 4.31. The molecule has 0 heterocycles. The van der Waals surface area contributed by atoms with E-state index in [-0.39, 0.29) is 0 Å². The highest BCUT2D eigenvalue weighted by Crippen LogP contribution is 2.19. The lowest BCUT2D eigenvalue weighted by molar-refractivity contribution is 0.0457. The largest absolute Gasteiger partial charge is 0.388 e. The quantitative estimate of drug-likeness (QED) is 0.746. The number of methoxy groups -OCH3 is 1. The molecule has 3 nitrogen and oxygen atoms in total. The van der Waals surface area contributed by atoms with Gasteiger partial charge in [0.1, 0.15) is 0 Å². The molecule has 0 unspecified atom stereocenters. The lowest BCUT2D eigenvalue weighted by Crippen LogP contribution is -2.35. The van der Waals surface area contributed by atoms with Crippen molar-refractivity contribution in [2.24, 2.45) is 0 Å². The summed E-state index contributed by atoms with van der Waals surface area (Å²) in [6.45, 7) is 5.33. The van der Waals surface area contributed by atoms with E-state index in [0.29, 0.717) is 13.2 Å². The van der Waals surface area contributed by atoms with Gasteiger partial charge in [-0.15, -0.1) is 0 Å². The molecular weight excluding hydrogens is 226 g/mol. The SMILES string of the molecule is CCC(O)(CC)CNc1ccccc1CCOC. The van der Waals surface area contributed by atoms with Crippen molar-refractivity contribution in [2.45, 2.75) is 38.7 Å². The van der Waals surface area contributed by atoms with E-state index in [1.54, 1.807) is 7.11 Å². The molecule has 0 aliphatic heterocycles. The van der Waals surface area contributed by atoms with Gasteiger partial charge in [-0.3, -0.25) is 0 Å². The van der Waals surface area contributed by atoms with Crippen LogP contribution in [0.15, 0.2) is 24.3 Å². The summed E-state index contributed by atoms with van der Waals surface area (Å²) in [5, 5.41) is 13.6. The van der Waals surface area contributed by atoms with Crippen LogP contribution in [0, 0.1) is 0 Å². The zero-order valence-electron chi connectivity index (χ0n) is 11.7. The van der Waals surface area contributed by atoms with Gasteiger partial charge in [0.05, 0.1) is 12.2 Å².